The highest BCUT2D eigenvalue weighted by molar-refractivity contribution is 9.10. The minimum absolute atomic E-state index is 0.283. The topological polar surface area (TPSA) is 55.4 Å². The summed E-state index contributed by atoms with van der Waals surface area (Å²) in [5, 5.41) is 2.85. The first-order valence-corrected chi connectivity index (χ1v) is 8.50. The number of amides is 1. The number of hydrogen-bond donors (Lipinski definition) is 1. The Hall–Kier alpha value is -2.14. The quantitative estimate of drug-likeness (QED) is 0.755. The number of nitrogens with one attached hydrogen (secondary N) is 1. The van der Waals surface area contributed by atoms with Crippen LogP contribution in [0.1, 0.15) is 41.3 Å². The van der Waals surface area contributed by atoms with Crippen molar-refractivity contribution in [1.29, 1.82) is 0 Å². The Labute approximate surface area is 150 Å². The first-order chi connectivity index (χ1) is 11.4. The van der Waals surface area contributed by atoms with Gasteiger partial charge in [-0.15, -0.1) is 0 Å². The first kappa shape index (κ1) is 18.2. The molecule has 2 rings (SSSR count). The lowest BCUT2D eigenvalue weighted by molar-refractivity contribution is -0.119. The third kappa shape index (κ3) is 4.68. The zero-order valence-electron chi connectivity index (χ0n) is 13.9. The van der Waals surface area contributed by atoms with Gasteiger partial charge in [0, 0.05) is 10.2 Å². The summed E-state index contributed by atoms with van der Waals surface area (Å²) >= 11 is 3.30. The van der Waals surface area contributed by atoms with Crippen molar-refractivity contribution in [2.45, 2.75) is 26.7 Å². The van der Waals surface area contributed by atoms with Gasteiger partial charge in [0.15, 0.2) is 6.61 Å². The van der Waals surface area contributed by atoms with Gasteiger partial charge in [0.05, 0.1) is 5.56 Å². The number of anilines is 1. The Kier molecular flexibility index (Phi) is 6.15. The van der Waals surface area contributed by atoms with E-state index < -0.39 is 5.97 Å². The minimum Gasteiger partial charge on any atom is -0.452 e. The Morgan fingerprint density at radius 1 is 1.12 bits per heavy atom. The van der Waals surface area contributed by atoms with Crippen molar-refractivity contribution in [2.24, 2.45) is 0 Å². The fourth-order valence-corrected chi connectivity index (χ4v) is 2.58. The molecule has 0 aliphatic carbocycles. The zero-order valence-corrected chi connectivity index (χ0v) is 15.5. The van der Waals surface area contributed by atoms with Gasteiger partial charge in [0.25, 0.3) is 5.91 Å². The SMILES string of the molecule is Cc1cccc(C(C)C)c1NC(=O)COC(=O)c1ccc(Br)cc1. The van der Waals surface area contributed by atoms with Gasteiger partial charge in [-0.2, -0.15) is 0 Å². The molecule has 2 aromatic carbocycles. The second kappa shape index (κ2) is 8.11. The third-order valence-electron chi connectivity index (χ3n) is 3.61. The second-order valence-electron chi connectivity index (χ2n) is 5.83. The van der Waals surface area contributed by atoms with Crippen LogP contribution in [0.15, 0.2) is 46.9 Å². The summed E-state index contributed by atoms with van der Waals surface area (Å²) in [5.74, 6) is -0.589. The average Bonchev–Trinajstić information content (AvgIpc) is 2.55. The molecule has 1 N–H and O–H groups in total. The summed E-state index contributed by atoms with van der Waals surface area (Å²) < 4.78 is 5.95. The molecule has 0 heterocycles. The summed E-state index contributed by atoms with van der Waals surface area (Å²) in [6.45, 7) is 5.76. The van der Waals surface area contributed by atoms with E-state index in [9.17, 15) is 9.59 Å². The van der Waals surface area contributed by atoms with Crippen molar-refractivity contribution in [3.63, 3.8) is 0 Å². The first-order valence-electron chi connectivity index (χ1n) is 7.70. The summed E-state index contributed by atoms with van der Waals surface area (Å²) in [5.41, 5.74) is 3.23. The van der Waals surface area contributed by atoms with Crippen LogP contribution in [0, 0.1) is 6.92 Å². The predicted octanol–water partition coefficient (Wildman–Crippen LogP) is 4.68. The van der Waals surface area contributed by atoms with E-state index in [0.29, 0.717) is 5.56 Å². The highest BCUT2D eigenvalue weighted by Gasteiger charge is 2.14. The van der Waals surface area contributed by atoms with E-state index in [1.165, 1.54) is 0 Å². The molecule has 0 saturated carbocycles. The summed E-state index contributed by atoms with van der Waals surface area (Å²) in [7, 11) is 0. The molecule has 0 radical (unpaired) electrons. The van der Waals surface area contributed by atoms with Crippen LogP contribution in [0.3, 0.4) is 0 Å². The van der Waals surface area contributed by atoms with Crippen molar-refractivity contribution < 1.29 is 14.3 Å². The van der Waals surface area contributed by atoms with E-state index >= 15 is 0 Å². The molecule has 0 saturated heterocycles. The summed E-state index contributed by atoms with van der Waals surface area (Å²) in [6.07, 6.45) is 0. The number of rotatable bonds is 5. The van der Waals surface area contributed by atoms with Gasteiger partial charge >= 0.3 is 5.97 Å². The molecule has 1 amide bonds. The van der Waals surface area contributed by atoms with E-state index in [1.807, 2.05) is 25.1 Å². The Morgan fingerprint density at radius 2 is 1.79 bits per heavy atom. The minimum atomic E-state index is -0.522. The number of halogens is 1. The van der Waals surface area contributed by atoms with Gasteiger partial charge in [-0.3, -0.25) is 4.79 Å². The number of carbonyl (C=O) groups is 2. The van der Waals surface area contributed by atoms with Crippen LogP contribution >= 0.6 is 15.9 Å². The summed E-state index contributed by atoms with van der Waals surface area (Å²) in [6, 6.07) is 12.7. The molecule has 2 aromatic rings. The Morgan fingerprint density at radius 3 is 2.42 bits per heavy atom. The number of para-hydroxylation sites is 1. The van der Waals surface area contributed by atoms with Crippen LogP contribution in [-0.4, -0.2) is 18.5 Å². The van der Waals surface area contributed by atoms with Crippen molar-refractivity contribution in [2.75, 3.05) is 11.9 Å². The van der Waals surface area contributed by atoms with E-state index in [1.54, 1.807) is 24.3 Å². The van der Waals surface area contributed by atoms with Crippen molar-refractivity contribution in [3.05, 3.63) is 63.6 Å². The lowest BCUT2D eigenvalue weighted by Gasteiger charge is -2.16. The molecule has 0 fully saturated rings. The maximum atomic E-state index is 12.1. The Balaban J connectivity index is 1.99. The maximum Gasteiger partial charge on any atom is 0.338 e. The van der Waals surface area contributed by atoms with E-state index in [0.717, 1.165) is 21.3 Å². The molecular formula is C19H20BrNO3. The van der Waals surface area contributed by atoms with Gasteiger partial charge < -0.3 is 10.1 Å². The Bertz CT molecular complexity index is 739. The molecule has 0 atom stereocenters. The van der Waals surface area contributed by atoms with E-state index in [2.05, 4.69) is 35.1 Å². The number of carbonyl (C=O) groups excluding carboxylic acids is 2. The van der Waals surface area contributed by atoms with Gasteiger partial charge in [-0.25, -0.2) is 4.79 Å². The molecule has 126 valence electrons. The lowest BCUT2D eigenvalue weighted by Crippen LogP contribution is -2.22. The monoisotopic (exact) mass is 389 g/mol. The average molecular weight is 390 g/mol. The number of aryl methyl sites for hydroxylation is 1. The van der Waals surface area contributed by atoms with Crippen LogP contribution in [0.4, 0.5) is 5.69 Å². The normalized spacial score (nSPS) is 10.5. The third-order valence-corrected chi connectivity index (χ3v) is 4.13. The highest BCUT2D eigenvalue weighted by atomic mass is 79.9. The maximum absolute atomic E-state index is 12.1. The molecule has 0 spiro atoms. The molecule has 4 nitrogen and oxygen atoms in total. The van der Waals surface area contributed by atoms with Crippen LogP contribution in [0.2, 0.25) is 0 Å². The lowest BCUT2D eigenvalue weighted by atomic mass is 9.98. The number of ether oxygens (including phenoxy) is 1. The fraction of sp³-hybridized carbons (Fsp3) is 0.263. The molecular weight excluding hydrogens is 370 g/mol. The van der Waals surface area contributed by atoms with E-state index in [4.69, 9.17) is 4.74 Å². The smallest absolute Gasteiger partial charge is 0.338 e. The number of benzene rings is 2. The molecule has 0 bridgehead atoms. The van der Waals surface area contributed by atoms with Gasteiger partial charge in [-0.1, -0.05) is 48.0 Å². The van der Waals surface area contributed by atoms with Crippen molar-refractivity contribution in [1.82, 2.24) is 0 Å². The van der Waals surface area contributed by atoms with Crippen LogP contribution < -0.4 is 5.32 Å². The largest absolute Gasteiger partial charge is 0.452 e. The number of hydrogen-bond acceptors (Lipinski definition) is 3. The summed E-state index contributed by atoms with van der Waals surface area (Å²) in [4.78, 5) is 24.1. The van der Waals surface area contributed by atoms with Crippen LogP contribution in [0.25, 0.3) is 0 Å². The molecule has 24 heavy (non-hydrogen) atoms. The zero-order chi connectivity index (χ0) is 17.7. The van der Waals surface area contributed by atoms with Crippen molar-refractivity contribution in [3.8, 4) is 0 Å². The molecule has 5 heteroatoms. The van der Waals surface area contributed by atoms with E-state index in [-0.39, 0.29) is 18.4 Å². The van der Waals surface area contributed by atoms with Gasteiger partial charge in [-0.05, 0) is 48.2 Å². The van der Waals surface area contributed by atoms with Gasteiger partial charge in [0.1, 0.15) is 0 Å². The van der Waals surface area contributed by atoms with Crippen molar-refractivity contribution >= 4 is 33.5 Å². The molecule has 0 unspecified atom stereocenters. The highest BCUT2D eigenvalue weighted by Crippen LogP contribution is 2.27. The predicted molar refractivity (Wildman–Crippen MR) is 98.3 cm³/mol. The van der Waals surface area contributed by atoms with Crippen LogP contribution in [0.5, 0.6) is 0 Å². The second-order valence-corrected chi connectivity index (χ2v) is 6.74. The molecule has 0 aromatic heterocycles. The molecule has 0 aliphatic heterocycles. The van der Waals surface area contributed by atoms with Gasteiger partial charge in [0.2, 0.25) is 0 Å². The van der Waals surface area contributed by atoms with Crippen LogP contribution in [-0.2, 0) is 9.53 Å². The standard InChI is InChI=1S/C19H20BrNO3/c1-12(2)16-6-4-5-13(3)18(16)21-17(22)11-24-19(23)14-7-9-15(20)10-8-14/h4-10,12H,11H2,1-3H3,(H,21,22). The number of esters is 1. The molecule has 0 aliphatic rings. The fourth-order valence-electron chi connectivity index (χ4n) is 2.32.